The number of aromatic carboxylic acids is 1. The summed E-state index contributed by atoms with van der Waals surface area (Å²) >= 11 is 0. The van der Waals surface area contributed by atoms with E-state index in [1.807, 2.05) is 0 Å². The first-order valence-corrected chi connectivity index (χ1v) is 5.13. The summed E-state index contributed by atoms with van der Waals surface area (Å²) in [6.07, 6.45) is -2.82. The van der Waals surface area contributed by atoms with E-state index < -0.39 is 17.6 Å². The number of aromatic nitrogens is 1. The summed E-state index contributed by atoms with van der Waals surface area (Å²) in [7, 11) is 0. The minimum atomic E-state index is -4.38. The molecule has 1 aliphatic rings. The van der Waals surface area contributed by atoms with Crippen molar-refractivity contribution in [1.29, 1.82) is 0 Å². The lowest BCUT2D eigenvalue weighted by atomic mass is 9.65. The number of pyridine rings is 1. The summed E-state index contributed by atoms with van der Waals surface area (Å²) in [6.45, 7) is 0. The van der Waals surface area contributed by atoms with E-state index in [2.05, 4.69) is 4.98 Å². The Labute approximate surface area is 95.3 Å². The number of carbonyl (C=O) groups is 1. The molecule has 1 fully saturated rings. The van der Waals surface area contributed by atoms with Crippen molar-refractivity contribution >= 4 is 5.97 Å². The van der Waals surface area contributed by atoms with Crippen LogP contribution in [0, 0.1) is 0 Å². The minimum absolute atomic E-state index is 0.0213. The smallest absolute Gasteiger partial charge is 0.399 e. The fourth-order valence-corrected chi connectivity index (χ4v) is 2.04. The average Bonchev–Trinajstić information content (AvgIpc) is 2.13. The van der Waals surface area contributed by atoms with Crippen LogP contribution in [-0.2, 0) is 5.41 Å². The summed E-state index contributed by atoms with van der Waals surface area (Å²) in [4.78, 5) is 14.4. The highest BCUT2D eigenvalue weighted by atomic mass is 19.4. The lowest BCUT2D eigenvalue weighted by Crippen LogP contribution is -2.48. The molecule has 0 unspecified atom stereocenters. The predicted molar refractivity (Wildman–Crippen MR) is 52.8 cm³/mol. The predicted octanol–water partition coefficient (Wildman–Crippen LogP) is 2.76. The molecule has 1 N–H and O–H groups in total. The van der Waals surface area contributed by atoms with Crippen molar-refractivity contribution in [2.24, 2.45) is 0 Å². The second-order valence-corrected chi connectivity index (χ2v) is 4.17. The first-order valence-electron chi connectivity index (χ1n) is 5.13. The summed E-state index contributed by atoms with van der Waals surface area (Å²) in [6, 6.07) is 2.21. The van der Waals surface area contributed by atoms with Crippen LogP contribution in [0.2, 0.25) is 0 Å². The van der Waals surface area contributed by atoms with E-state index in [0.29, 0.717) is 6.42 Å². The van der Waals surface area contributed by atoms with Crippen molar-refractivity contribution in [2.45, 2.75) is 30.9 Å². The number of hydrogen-bond acceptors (Lipinski definition) is 2. The Bertz CT molecular complexity index is 452. The van der Waals surface area contributed by atoms with E-state index in [0.717, 1.165) is 12.3 Å². The van der Waals surface area contributed by atoms with Gasteiger partial charge in [-0.1, -0.05) is 6.42 Å². The second kappa shape index (κ2) is 3.72. The molecule has 2 rings (SSSR count). The van der Waals surface area contributed by atoms with Crippen molar-refractivity contribution < 1.29 is 23.1 Å². The summed E-state index contributed by atoms with van der Waals surface area (Å²) in [5.41, 5.74) is -2.29. The summed E-state index contributed by atoms with van der Waals surface area (Å²) < 4.78 is 39.0. The van der Waals surface area contributed by atoms with Gasteiger partial charge in [0.25, 0.3) is 0 Å². The molecular weight excluding hydrogens is 235 g/mol. The fourth-order valence-electron chi connectivity index (χ4n) is 2.04. The summed E-state index contributed by atoms with van der Waals surface area (Å²) in [5.74, 6) is -1.25. The third-order valence-corrected chi connectivity index (χ3v) is 3.25. The van der Waals surface area contributed by atoms with Crippen LogP contribution in [0.5, 0.6) is 0 Å². The molecule has 0 radical (unpaired) electrons. The molecule has 6 heteroatoms. The number of carboxylic acid groups (broad SMARTS) is 1. The fraction of sp³-hybridized carbons (Fsp3) is 0.455. The molecule has 0 bridgehead atoms. The number of halogens is 3. The van der Waals surface area contributed by atoms with Gasteiger partial charge >= 0.3 is 12.1 Å². The number of carboxylic acids is 1. The van der Waals surface area contributed by atoms with E-state index in [9.17, 15) is 18.0 Å². The average molecular weight is 245 g/mol. The van der Waals surface area contributed by atoms with Gasteiger partial charge in [0.05, 0.1) is 11.3 Å². The maximum absolute atomic E-state index is 13.0. The molecular formula is C11H10F3NO2. The van der Waals surface area contributed by atoms with Crippen molar-refractivity contribution in [3.63, 3.8) is 0 Å². The zero-order chi connectivity index (χ0) is 12.7. The Morgan fingerprint density at radius 3 is 2.47 bits per heavy atom. The maximum atomic E-state index is 13.0. The Morgan fingerprint density at radius 2 is 2.06 bits per heavy atom. The first-order chi connectivity index (χ1) is 7.87. The molecule has 0 amide bonds. The zero-order valence-electron chi connectivity index (χ0n) is 8.79. The molecule has 1 aliphatic carbocycles. The highest BCUT2D eigenvalue weighted by Crippen LogP contribution is 2.53. The maximum Gasteiger partial charge on any atom is 0.399 e. The number of hydrogen-bond donors (Lipinski definition) is 1. The van der Waals surface area contributed by atoms with Gasteiger partial charge in [0.2, 0.25) is 0 Å². The molecule has 1 aromatic rings. The Balaban J connectivity index is 2.45. The van der Waals surface area contributed by atoms with E-state index >= 15 is 0 Å². The minimum Gasteiger partial charge on any atom is -0.478 e. The molecule has 0 aromatic carbocycles. The van der Waals surface area contributed by atoms with Gasteiger partial charge in [-0.25, -0.2) is 4.79 Å². The van der Waals surface area contributed by atoms with Gasteiger partial charge in [-0.05, 0) is 25.0 Å². The van der Waals surface area contributed by atoms with Crippen molar-refractivity contribution in [1.82, 2.24) is 4.98 Å². The van der Waals surface area contributed by atoms with E-state index in [4.69, 9.17) is 5.11 Å². The SMILES string of the molecule is O=C(O)c1ccnc(C2(C(F)(F)F)CCC2)c1. The van der Waals surface area contributed by atoms with E-state index in [-0.39, 0.29) is 24.1 Å². The third-order valence-electron chi connectivity index (χ3n) is 3.25. The molecule has 17 heavy (non-hydrogen) atoms. The van der Waals surface area contributed by atoms with Crippen LogP contribution in [0.3, 0.4) is 0 Å². The van der Waals surface area contributed by atoms with E-state index in [1.165, 1.54) is 6.07 Å². The van der Waals surface area contributed by atoms with Gasteiger partial charge in [0.15, 0.2) is 0 Å². The molecule has 1 aromatic heterocycles. The number of rotatable bonds is 2. The Kier molecular flexibility index (Phi) is 2.60. The van der Waals surface area contributed by atoms with Crippen molar-refractivity contribution in [3.05, 3.63) is 29.6 Å². The largest absolute Gasteiger partial charge is 0.478 e. The monoisotopic (exact) mass is 245 g/mol. The van der Waals surface area contributed by atoms with Crippen LogP contribution >= 0.6 is 0 Å². The van der Waals surface area contributed by atoms with Gasteiger partial charge < -0.3 is 5.11 Å². The lowest BCUT2D eigenvalue weighted by molar-refractivity contribution is -0.214. The van der Waals surface area contributed by atoms with Crippen LogP contribution in [0.4, 0.5) is 13.2 Å². The van der Waals surface area contributed by atoms with Gasteiger partial charge in [0.1, 0.15) is 5.41 Å². The molecule has 1 heterocycles. The Hall–Kier alpha value is -1.59. The van der Waals surface area contributed by atoms with E-state index in [1.54, 1.807) is 0 Å². The van der Waals surface area contributed by atoms with Crippen LogP contribution < -0.4 is 0 Å². The molecule has 0 spiro atoms. The van der Waals surface area contributed by atoms with Gasteiger partial charge in [-0.2, -0.15) is 13.2 Å². The van der Waals surface area contributed by atoms with Crippen LogP contribution in [0.25, 0.3) is 0 Å². The molecule has 1 saturated carbocycles. The Morgan fingerprint density at radius 1 is 1.41 bits per heavy atom. The van der Waals surface area contributed by atoms with Gasteiger partial charge in [-0.15, -0.1) is 0 Å². The molecule has 0 atom stereocenters. The second-order valence-electron chi connectivity index (χ2n) is 4.17. The van der Waals surface area contributed by atoms with Gasteiger partial charge in [-0.3, -0.25) is 4.98 Å². The molecule has 92 valence electrons. The van der Waals surface area contributed by atoms with Crippen LogP contribution in [0.15, 0.2) is 18.3 Å². The summed E-state index contributed by atoms with van der Waals surface area (Å²) in [5, 5.41) is 8.76. The van der Waals surface area contributed by atoms with Crippen LogP contribution in [0.1, 0.15) is 35.3 Å². The van der Waals surface area contributed by atoms with Crippen molar-refractivity contribution in [3.8, 4) is 0 Å². The normalized spacial score (nSPS) is 18.5. The number of alkyl halides is 3. The number of nitrogens with zero attached hydrogens (tertiary/aromatic N) is 1. The van der Waals surface area contributed by atoms with Crippen molar-refractivity contribution in [2.75, 3.05) is 0 Å². The molecule has 3 nitrogen and oxygen atoms in total. The molecule has 0 saturated heterocycles. The lowest BCUT2D eigenvalue weighted by Gasteiger charge is -2.42. The highest BCUT2D eigenvalue weighted by Gasteiger charge is 2.60. The van der Waals surface area contributed by atoms with Crippen LogP contribution in [-0.4, -0.2) is 22.2 Å². The zero-order valence-corrected chi connectivity index (χ0v) is 8.79. The third kappa shape index (κ3) is 1.77. The highest BCUT2D eigenvalue weighted by molar-refractivity contribution is 5.87. The standard InChI is InChI=1S/C11H10F3NO2/c12-11(13,14)10(3-1-4-10)8-6-7(9(16)17)2-5-15-8/h2,5-6H,1,3-4H2,(H,16,17). The van der Waals surface area contributed by atoms with Gasteiger partial charge in [0, 0.05) is 6.20 Å². The molecule has 0 aliphatic heterocycles. The first kappa shape index (κ1) is 11.9. The quantitative estimate of drug-likeness (QED) is 0.871. The topological polar surface area (TPSA) is 50.2 Å².